The van der Waals surface area contributed by atoms with Crippen LogP contribution in [-0.4, -0.2) is 42.2 Å². The van der Waals surface area contributed by atoms with Gasteiger partial charge in [-0.1, -0.05) is 78.5 Å². The number of benzene rings is 2. The maximum Gasteiger partial charge on any atom is 0.237 e. The number of carbonyl (C=O) groups excluding carboxylic acids is 2. The number of ketones is 1. The van der Waals surface area contributed by atoms with Gasteiger partial charge in [-0.05, 0) is 17.9 Å². The second-order valence-corrected chi connectivity index (χ2v) is 9.34. The standard InChI is InChI=1S/C27H24N6O2S/c1-2-13-33-25(19-11-7-4-8-12-19)31-32-27(33)36-17-24(35)30-26-28-16-21-22(29-26)14-20(15-23(21)34)18-9-5-3-6-10-18/h2-12,16,20H,1,13-15,17H2,(H,28,29,30,35)/t20-/m1/s1. The molecule has 8 nitrogen and oxygen atoms in total. The van der Waals surface area contributed by atoms with Gasteiger partial charge in [-0.25, -0.2) is 9.97 Å². The molecule has 1 atom stereocenters. The summed E-state index contributed by atoms with van der Waals surface area (Å²) in [4.78, 5) is 34.1. The minimum absolute atomic E-state index is 0.0225. The molecule has 0 unspecified atom stereocenters. The van der Waals surface area contributed by atoms with Crippen LogP contribution in [0, 0.1) is 0 Å². The van der Waals surface area contributed by atoms with Gasteiger partial charge in [0.15, 0.2) is 16.8 Å². The van der Waals surface area contributed by atoms with Crippen molar-refractivity contribution in [2.45, 2.75) is 30.5 Å². The van der Waals surface area contributed by atoms with E-state index < -0.39 is 0 Å². The number of nitrogens with one attached hydrogen (secondary N) is 1. The van der Waals surface area contributed by atoms with Crippen LogP contribution < -0.4 is 5.32 Å². The van der Waals surface area contributed by atoms with Crippen molar-refractivity contribution in [2.24, 2.45) is 0 Å². The van der Waals surface area contributed by atoms with Crippen molar-refractivity contribution in [1.82, 2.24) is 24.7 Å². The van der Waals surface area contributed by atoms with Crippen molar-refractivity contribution in [2.75, 3.05) is 11.1 Å². The Balaban J connectivity index is 1.26. The van der Waals surface area contributed by atoms with Gasteiger partial charge < -0.3 is 0 Å². The van der Waals surface area contributed by atoms with E-state index in [1.165, 1.54) is 18.0 Å². The predicted molar refractivity (Wildman–Crippen MR) is 139 cm³/mol. The second kappa shape index (κ2) is 10.7. The van der Waals surface area contributed by atoms with Gasteiger partial charge in [-0.2, -0.15) is 0 Å². The monoisotopic (exact) mass is 496 g/mol. The fourth-order valence-corrected chi connectivity index (χ4v) is 4.99. The first-order valence-corrected chi connectivity index (χ1v) is 12.6. The molecule has 0 bridgehead atoms. The smallest absolute Gasteiger partial charge is 0.237 e. The van der Waals surface area contributed by atoms with E-state index in [9.17, 15) is 9.59 Å². The molecule has 1 aliphatic rings. The van der Waals surface area contributed by atoms with Gasteiger partial charge >= 0.3 is 0 Å². The summed E-state index contributed by atoms with van der Waals surface area (Å²) in [7, 11) is 0. The molecule has 180 valence electrons. The van der Waals surface area contributed by atoms with Crippen molar-refractivity contribution >= 4 is 29.4 Å². The third-order valence-corrected chi connectivity index (χ3v) is 6.92. The van der Waals surface area contributed by atoms with Crippen molar-refractivity contribution in [3.8, 4) is 11.4 Å². The highest BCUT2D eigenvalue weighted by molar-refractivity contribution is 7.99. The molecule has 2 aromatic carbocycles. The first-order chi connectivity index (χ1) is 17.6. The number of aromatic nitrogens is 5. The Morgan fingerprint density at radius 2 is 1.83 bits per heavy atom. The molecule has 1 N–H and O–H groups in total. The molecule has 0 radical (unpaired) electrons. The van der Waals surface area contributed by atoms with Crippen LogP contribution in [0.5, 0.6) is 0 Å². The zero-order valence-corrected chi connectivity index (χ0v) is 20.3. The van der Waals surface area contributed by atoms with Crippen molar-refractivity contribution in [1.29, 1.82) is 0 Å². The number of carbonyl (C=O) groups is 2. The molecule has 36 heavy (non-hydrogen) atoms. The van der Waals surface area contributed by atoms with E-state index in [4.69, 9.17) is 0 Å². The maximum absolute atomic E-state index is 12.7. The molecule has 0 saturated heterocycles. The molecule has 2 heterocycles. The van der Waals surface area contributed by atoms with Crippen molar-refractivity contribution in [3.63, 3.8) is 0 Å². The summed E-state index contributed by atoms with van der Waals surface area (Å²) in [6.45, 7) is 4.34. The summed E-state index contributed by atoms with van der Waals surface area (Å²) >= 11 is 1.28. The van der Waals surface area contributed by atoms with Crippen molar-refractivity contribution in [3.05, 3.63) is 96.3 Å². The SMILES string of the molecule is C=CCn1c(SCC(=O)Nc2ncc3c(n2)C[C@@H](c2ccccc2)CC3=O)nnc1-c1ccccc1. The quantitative estimate of drug-likeness (QED) is 0.282. The molecule has 0 aliphatic heterocycles. The van der Waals surface area contributed by atoms with Crippen LogP contribution in [0.1, 0.15) is 34.0 Å². The molecular weight excluding hydrogens is 472 g/mol. The Bertz CT molecular complexity index is 1400. The Morgan fingerprint density at radius 3 is 2.58 bits per heavy atom. The minimum atomic E-state index is -0.267. The van der Waals surface area contributed by atoms with Gasteiger partial charge in [-0.3, -0.25) is 19.5 Å². The topological polar surface area (TPSA) is 103 Å². The van der Waals surface area contributed by atoms with E-state index in [0.717, 1.165) is 11.1 Å². The zero-order valence-electron chi connectivity index (χ0n) is 19.5. The van der Waals surface area contributed by atoms with Crippen molar-refractivity contribution < 1.29 is 9.59 Å². The van der Waals surface area contributed by atoms with Crippen LogP contribution in [0.25, 0.3) is 11.4 Å². The fraction of sp³-hybridized carbons (Fsp3) is 0.185. The number of nitrogens with zero attached hydrogens (tertiary/aromatic N) is 5. The Hall–Kier alpha value is -4.11. The lowest BCUT2D eigenvalue weighted by Crippen LogP contribution is -2.23. The zero-order chi connectivity index (χ0) is 24.9. The number of rotatable bonds is 8. The lowest BCUT2D eigenvalue weighted by molar-refractivity contribution is -0.113. The molecule has 4 aromatic rings. The first-order valence-electron chi connectivity index (χ1n) is 11.6. The number of anilines is 1. The molecule has 1 aliphatic carbocycles. The van der Waals surface area contributed by atoms with E-state index in [1.54, 1.807) is 6.08 Å². The summed E-state index contributed by atoms with van der Waals surface area (Å²) in [5.74, 6) is 0.837. The van der Waals surface area contributed by atoms with Gasteiger partial charge in [0.25, 0.3) is 0 Å². The van der Waals surface area contributed by atoms with E-state index >= 15 is 0 Å². The Morgan fingerprint density at radius 1 is 1.08 bits per heavy atom. The highest BCUT2D eigenvalue weighted by Gasteiger charge is 2.28. The van der Waals surface area contributed by atoms with Crippen LogP contribution in [0.15, 0.2) is 84.7 Å². The van der Waals surface area contributed by atoms with E-state index in [1.807, 2.05) is 65.2 Å². The molecular formula is C27H24N6O2S. The lowest BCUT2D eigenvalue weighted by Gasteiger charge is -2.23. The fourth-order valence-electron chi connectivity index (χ4n) is 4.25. The largest absolute Gasteiger partial charge is 0.298 e. The third kappa shape index (κ3) is 5.11. The Kier molecular flexibility index (Phi) is 6.99. The molecule has 1 amide bonds. The number of allylic oxidation sites excluding steroid dienone is 1. The molecule has 0 saturated carbocycles. The van der Waals surface area contributed by atoms with Gasteiger partial charge in [0.05, 0.1) is 17.0 Å². The summed E-state index contributed by atoms with van der Waals surface area (Å²) < 4.78 is 1.92. The predicted octanol–water partition coefficient (Wildman–Crippen LogP) is 4.56. The van der Waals surface area contributed by atoms with Gasteiger partial charge in [0, 0.05) is 24.7 Å². The summed E-state index contributed by atoms with van der Waals surface area (Å²) in [6, 6.07) is 19.7. The molecule has 0 spiro atoms. The van der Waals surface area contributed by atoms with Crippen LogP contribution in [0.3, 0.4) is 0 Å². The van der Waals surface area contributed by atoms with Gasteiger partial charge in [-0.15, -0.1) is 16.8 Å². The number of Topliss-reactive ketones (excluding diaryl/α,β-unsaturated/α-hetero) is 1. The van der Waals surface area contributed by atoms with E-state index in [2.05, 4.69) is 32.1 Å². The number of fused-ring (bicyclic) bond motifs is 1. The van der Waals surface area contributed by atoms with Gasteiger partial charge in [0.1, 0.15) is 0 Å². The maximum atomic E-state index is 12.7. The minimum Gasteiger partial charge on any atom is -0.298 e. The molecule has 5 rings (SSSR count). The average Bonchev–Trinajstić information content (AvgIpc) is 3.31. The number of amides is 1. The summed E-state index contributed by atoms with van der Waals surface area (Å²) in [5.41, 5.74) is 3.24. The number of hydrogen-bond acceptors (Lipinski definition) is 7. The Labute approximate surface area is 212 Å². The number of thioether (sulfide) groups is 1. The first kappa shape index (κ1) is 23.6. The molecule has 9 heteroatoms. The van der Waals surface area contributed by atoms with Gasteiger partial charge in [0.2, 0.25) is 11.9 Å². The van der Waals surface area contributed by atoms with Crippen LogP contribution in [-0.2, 0) is 17.8 Å². The highest BCUT2D eigenvalue weighted by atomic mass is 32.2. The normalized spacial score (nSPS) is 14.8. The molecule has 2 aromatic heterocycles. The second-order valence-electron chi connectivity index (χ2n) is 8.40. The van der Waals surface area contributed by atoms with Crippen LogP contribution in [0.4, 0.5) is 5.95 Å². The number of hydrogen-bond donors (Lipinski definition) is 1. The molecule has 0 fully saturated rings. The average molecular weight is 497 g/mol. The van der Waals surface area contributed by atoms with E-state index in [-0.39, 0.29) is 29.3 Å². The van der Waals surface area contributed by atoms with Crippen LogP contribution >= 0.6 is 11.8 Å². The summed E-state index contributed by atoms with van der Waals surface area (Å²) in [6.07, 6.45) is 4.34. The highest BCUT2D eigenvalue weighted by Crippen LogP contribution is 2.32. The third-order valence-electron chi connectivity index (χ3n) is 5.95. The van der Waals surface area contributed by atoms with E-state index in [0.29, 0.717) is 41.6 Å². The van der Waals surface area contributed by atoms with Crippen LogP contribution in [0.2, 0.25) is 0 Å². The lowest BCUT2D eigenvalue weighted by atomic mass is 9.82. The summed E-state index contributed by atoms with van der Waals surface area (Å²) in [5, 5.41) is 12.0.